The second-order valence-electron chi connectivity index (χ2n) is 5.66. The van der Waals surface area contributed by atoms with E-state index in [-0.39, 0.29) is 5.91 Å². The Hall–Kier alpha value is -3.08. The van der Waals surface area contributed by atoms with E-state index in [0.29, 0.717) is 11.4 Å². The number of anilines is 2. The minimum absolute atomic E-state index is 0.280. The molecule has 1 aliphatic heterocycles. The SMILES string of the molecule is COC(=O)[C@]1(C)C=C(Nc2ccccc2)C(=O)N1c1ccccc1. The van der Waals surface area contributed by atoms with Crippen molar-refractivity contribution >= 4 is 23.3 Å². The Morgan fingerprint density at radius 1 is 1.04 bits per heavy atom. The summed E-state index contributed by atoms with van der Waals surface area (Å²) in [5, 5.41) is 3.09. The van der Waals surface area contributed by atoms with Crippen LogP contribution in [0.15, 0.2) is 72.4 Å². The maximum atomic E-state index is 12.9. The number of hydrogen-bond donors (Lipinski definition) is 1. The lowest BCUT2D eigenvalue weighted by molar-refractivity contribution is -0.145. The molecular formula is C19H18N2O3. The highest BCUT2D eigenvalue weighted by Crippen LogP contribution is 2.34. The average Bonchev–Trinajstić information content (AvgIpc) is 2.87. The molecule has 2 aromatic carbocycles. The van der Waals surface area contributed by atoms with Crippen molar-refractivity contribution in [2.45, 2.75) is 12.5 Å². The number of rotatable bonds is 4. The number of benzene rings is 2. The molecule has 0 radical (unpaired) electrons. The Balaban J connectivity index is 2.01. The molecule has 0 aliphatic carbocycles. The van der Waals surface area contributed by atoms with Gasteiger partial charge in [0.25, 0.3) is 5.91 Å². The third-order valence-corrected chi connectivity index (χ3v) is 3.99. The van der Waals surface area contributed by atoms with Crippen LogP contribution in [0.4, 0.5) is 11.4 Å². The van der Waals surface area contributed by atoms with Crippen LogP contribution >= 0.6 is 0 Å². The summed E-state index contributed by atoms with van der Waals surface area (Å²) < 4.78 is 4.93. The maximum absolute atomic E-state index is 12.9. The smallest absolute Gasteiger partial charge is 0.336 e. The van der Waals surface area contributed by atoms with Crippen molar-refractivity contribution < 1.29 is 14.3 Å². The first-order valence-corrected chi connectivity index (χ1v) is 7.59. The minimum Gasteiger partial charge on any atom is -0.467 e. The zero-order valence-corrected chi connectivity index (χ0v) is 13.5. The number of para-hydroxylation sites is 2. The predicted octanol–water partition coefficient (Wildman–Crippen LogP) is 2.96. The second-order valence-corrected chi connectivity index (χ2v) is 5.66. The third kappa shape index (κ3) is 2.65. The lowest BCUT2D eigenvalue weighted by Gasteiger charge is -2.31. The fraction of sp³-hybridized carbons (Fsp3) is 0.158. The van der Waals surface area contributed by atoms with Crippen LogP contribution < -0.4 is 10.2 Å². The summed E-state index contributed by atoms with van der Waals surface area (Å²) in [4.78, 5) is 26.8. The van der Waals surface area contributed by atoms with Crippen LogP contribution in [0.2, 0.25) is 0 Å². The molecule has 1 aliphatic rings. The van der Waals surface area contributed by atoms with Gasteiger partial charge >= 0.3 is 5.97 Å². The molecule has 2 aromatic rings. The molecule has 0 aromatic heterocycles. The fourth-order valence-corrected chi connectivity index (χ4v) is 2.82. The number of esters is 1. The predicted molar refractivity (Wildman–Crippen MR) is 92.5 cm³/mol. The Labute approximate surface area is 140 Å². The molecule has 3 rings (SSSR count). The molecule has 0 fully saturated rings. The Morgan fingerprint density at radius 2 is 1.62 bits per heavy atom. The summed E-state index contributed by atoms with van der Waals surface area (Å²) in [5.74, 6) is -0.775. The zero-order valence-electron chi connectivity index (χ0n) is 13.5. The first-order chi connectivity index (χ1) is 11.6. The number of hydrogen-bond acceptors (Lipinski definition) is 4. The standard InChI is InChI=1S/C19H18N2O3/c1-19(18(23)24-2)13-16(20-14-9-5-3-6-10-14)17(22)21(19)15-11-7-4-8-12-15/h3-13,20H,1-2H3/t19-/m0/s1. The molecule has 5 nitrogen and oxygen atoms in total. The topological polar surface area (TPSA) is 58.6 Å². The lowest BCUT2D eigenvalue weighted by Crippen LogP contribution is -2.51. The van der Waals surface area contributed by atoms with Crippen LogP contribution in [0.1, 0.15) is 6.92 Å². The van der Waals surface area contributed by atoms with E-state index < -0.39 is 11.5 Å². The van der Waals surface area contributed by atoms with Gasteiger partial charge in [0.05, 0.1) is 7.11 Å². The molecule has 0 saturated carbocycles. The molecule has 1 amide bonds. The van der Waals surface area contributed by atoms with E-state index in [0.717, 1.165) is 5.69 Å². The Kier molecular flexibility index (Phi) is 4.08. The number of carbonyl (C=O) groups is 2. The van der Waals surface area contributed by atoms with E-state index >= 15 is 0 Å². The molecular weight excluding hydrogens is 304 g/mol. The molecule has 1 N–H and O–H groups in total. The van der Waals surface area contributed by atoms with Crippen molar-refractivity contribution in [3.63, 3.8) is 0 Å². The number of ether oxygens (including phenoxy) is 1. The average molecular weight is 322 g/mol. The Bertz CT molecular complexity index is 787. The molecule has 0 spiro atoms. The van der Waals surface area contributed by atoms with Gasteiger partial charge in [-0.15, -0.1) is 0 Å². The number of carbonyl (C=O) groups excluding carboxylic acids is 2. The summed E-state index contributed by atoms with van der Waals surface area (Å²) in [6.45, 7) is 1.67. The van der Waals surface area contributed by atoms with Crippen molar-refractivity contribution in [1.82, 2.24) is 0 Å². The number of methoxy groups -OCH3 is 1. The number of nitrogens with zero attached hydrogens (tertiary/aromatic N) is 1. The largest absolute Gasteiger partial charge is 0.467 e. The van der Waals surface area contributed by atoms with Gasteiger partial charge in [-0.05, 0) is 37.3 Å². The van der Waals surface area contributed by atoms with E-state index in [9.17, 15) is 9.59 Å². The van der Waals surface area contributed by atoms with Gasteiger partial charge in [-0.25, -0.2) is 4.79 Å². The van der Waals surface area contributed by atoms with Gasteiger partial charge in [0.2, 0.25) is 0 Å². The lowest BCUT2D eigenvalue weighted by atomic mass is 10.0. The van der Waals surface area contributed by atoms with Crippen molar-refractivity contribution in [1.29, 1.82) is 0 Å². The summed E-state index contributed by atoms with van der Waals surface area (Å²) in [7, 11) is 1.32. The first-order valence-electron chi connectivity index (χ1n) is 7.59. The van der Waals surface area contributed by atoms with E-state index in [4.69, 9.17) is 4.74 Å². The van der Waals surface area contributed by atoms with Gasteiger partial charge in [0, 0.05) is 11.4 Å². The summed E-state index contributed by atoms with van der Waals surface area (Å²) in [6, 6.07) is 18.4. The van der Waals surface area contributed by atoms with Crippen LogP contribution in [0.25, 0.3) is 0 Å². The van der Waals surface area contributed by atoms with Gasteiger partial charge in [-0.3, -0.25) is 9.69 Å². The highest BCUT2D eigenvalue weighted by Gasteiger charge is 2.49. The molecule has 1 atom stereocenters. The van der Waals surface area contributed by atoms with Crippen molar-refractivity contribution in [2.24, 2.45) is 0 Å². The zero-order chi connectivity index (χ0) is 17.2. The number of amides is 1. The van der Waals surface area contributed by atoms with E-state index in [1.807, 2.05) is 48.5 Å². The molecule has 5 heteroatoms. The van der Waals surface area contributed by atoms with Crippen LogP contribution in [-0.2, 0) is 14.3 Å². The molecule has 0 bridgehead atoms. The monoisotopic (exact) mass is 322 g/mol. The van der Waals surface area contributed by atoms with Gasteiger partial charge in [0.15, 0.2) is 5.54 Å². The van der Waals surface area contributed by atoms with E-state index in [2.05, 4.69) is 5.32 Å². The van der Waals surface area contributed by atoms with Crippen LogP contribution in [-0.4, -0.2) is 24.5 Å². The molecule has 0 saturated heterocycles. The van der Waals surface area contributed by atoms with Gasteiger partial charge in [-0.2, -0.15) is 0 Å². The van der Waals surface area contributed by atoms with Crippen molar-refractivity contribution in [2.75, 3.05) is 17.3 Å². The van der Waals surface area contributed by atoms with Gasteiger partial charge in [0.1, 0.15) is 5.70 Å². The van der Waals surface area contributed by atoms with Crippen molar-refractivity contribution in [3.05, 3.63) is 72.4 Å². The normalized spacial score (nSPS) is 19.8. The Morgan fingerprint density at radius 3 is 2.21 bits per heavy atom. The molecule has 24 heavy (non-hydrogen) atoms. The third-order valence-electron chi connectivity index (χ3n) is 3.99. The van der Waals surface area contributed by atoms with E-state index in [1.54, 1.807) is 25.1 Å². The van der Waals surface area contributed by atoms with Gasteiger partial charge in [-0.1, -0.05) is 36.4 Å². The van der Waals surface area contributed by atoms with Crippen LogP contribution in [0.3, 0.4) is 0 Å². The summed E-state index contributed by atoms with van der Waals surface area (Å²) in [6.07, 6.45) is 1.61. The fourth-order valence-electron chi connectivity index (χ4n) is 2.82. The molecule has 0 unspecified atom stereocenters. The summed E-state index contributed by atoms with van der Waals surface area (Å²) in [5.41, 5.74) is 0.554. The number of nitrogens with one attached hydrogen (secondary N) is 1. The van der Waals surface area contributed by atoms with Gasteiger partial charge < -0.3 is 10.1 Å². The highest BCUT2D eigenvalue weighted by molar-refractivity contribution is 6.16. The maximum Gasteiger partial charge on any atom is 0.336 e. The quantitative estimate of drug-likeness (QED) is 0.879. The molecule has 1 heterocycles. The van der Waals surface area contributed by atoms with Crippen LogP contribution in [0, 0.1) is 0 Å². The minimum atomic E-state index is -1.20. The first kappa shape index (κ1) is 15.8. The van der Waals surface area contributed by atoms with Crippen LogP contribution in [0.5, 0.6) is 0 Å². The second kappa shape index (κ2) is 6.20. The summed E-state index contributed by atoms with van der Waals surface area (Å²) >= 11 is 0. The van der Waals surface area contributed by atoms with E-state index in [1.165, 1.54) is 12.0 Å². The van der Waals surface area contributed by atoms with Crippen molar-refractivity contribution in [3.8, 4) is 0 Å². The highest BCUT2D eigenvalue weighted by atomic mass is 16.5. The molecule has 122 valence electrons.